The normalized spacial score (nSPS) is 11.0. The molecule has 0 aliphatic heterocycles. The molecule has 2 heterocycles. The van der Waals surface area contributed by atoms with E-state index in [0.29, 0.717) is 12.5 Å². The Bertz CT molecular complexity index is 462. The van der Waals surface area contributed by atoms with Crippen molar-refractivity contribution in [2.24, 2.45) is 5.73 Å². The van der Waals surface area contributed by atoms with Gasteiger partial charge in [-0.05, 0) is 18.1 Å². The van der Waals surface area contributed by atoms with E-state index >= 15 is 0 Å². The van der Waals surface area contributed by atoms with Gasteiger partial charge in [-0.15, -0.1) is 11.3 Å². The molecule has 0 saturated carbocycles. The first-order valence-corrected chi connectivity index (χ1v) is 6.14. The van der Waals surface area contributed by atoms with E-state index in [1.165, 1.54) is 4.88 Å². The van der Waals surface area contributed by atoms with Crippen LogP contribution in [0.4, 0.5) is 0 Å². The summed E-state index contributed by atoms with van der Waals surface area (Å²) in [5.41, 5.74) is 7.97. The Morgan fingerprint density at radius 2 is 2.00 bits per heavy atom. The molecule has 0 aliphatic rings. The third kappa shape index (κ3) is 2.13. The summed E-state index contributed by atoms with van der Waals surface area (Å²) in [5, 5.41) is 1.03. The Kier molecular flexibility index (Phi) is 3.31. The number of thiazole rings is 1. The van der Waals surface area contributed by atoms with Crippen LogP contribution in [-0.4, -0.2) is 9.97 Å². The topological polar surface area (TPSA) is 51.8 Å². The van der Waals surface area contributed by atoms with E-state index < -0.39 is 0 Å². The second kappa shape index (κ2) is 4.72. The molecule has 0 radical (unpaired) electrons. The fourth-order valence-corrected chi connectivity index (χ4v) is 2.68. The summed E-state index contributed by atoms with van der Waals surface area (Å²) in [6.07, 6.45) is 3.57. The number of hydrogen-bond donors (Lipinski definition) is 1. The summed E-state index contributed by atoms with van der Waals surface area (Å²) in [6.45, 7) is 4.85. The van der Waals surface area contributed by atoms with Crippen LogP contribution in [0.3, 0.4) is 0 Å². The number of nitrogens with zero attached hydrogens (tertiary/aromatic N) is 2. The molecule has 0 aliphatic carbocycles. The van der Waals surface area contributed by atoms with Gasteiger partial charge in [0.1, 0.15) is 5.01 Å². The predicted octanol–water partition coefficient (Wildman–Crippen LogP) is 2.79. The Hall–Kier alpha value is -1.26. The standard InChI is InChI=1S/C12H15N3S/c1-8(2)11-10(7-13)16-12(15-11)9-3-5-14-6-4-9/h3-6,8H,7,13H2,1-2H3. The van der Waals surface area contributed by atoms with E-state index in [9.17, 15) is 0 Å². The molecule has 0 unspecified atom stereocenters. The number of aromatic nitrogens is 2. The molecule has 16 heavy (non-hydrogen) atoms. The van der Waals surface area contributed by atoms with Crippen LogP contribution in [-0.2, 0) is 6.54 Å². The van der Waals surface area contributed by atoms with Crippen LogP contribution in [0.15, 0.2) is 24.5 Å². The molecule has 0 fully saturated rings. The van der Waals surface area contributed by atoms with Crippen molar-refractivity contribution in [1.29, 1.82) is 0 Å². The highest BCUT2D eigenvalue weighted by Gasteiger charge is 2.13. The van der Waals surface area contributed by atoms with Crippen LogP contribution in [0.5, 0.6) is 0 Å². The van der Waals surface area contributed by atoms with E-state index in [4.69, 9.17) is 5.73 Å². The van der Waals surface area contributed by atoms with Crippen molar-refractivity contribution in [2.75, 3.05) is 0 Å². The molecule has 0 saturated heterocycles. The van der Waals surface area contributed by atoms with Gasteiger partial charge < -0.3 is 5.73 Å². The van der Waals surface area contributed by atoms with E-state index in [0.717, 1.165) is 16.3 Å². The smallest absolute Gasteiger partial charge is 0.124 e. The quantitative estimate of drug-likeness (QED) is 0.887. The van der Waals surface area contributed by atoms with Gasteiger partial charge >= 0.3 is 0 Å². The molecular weight excluding hydrogens is 218 g/mol. The summed E-state index contributed by atoms with van der Waals surface area (Å²) in [4.78, 5) is 9.85. The molecule has 0 bridgehead atoms. The summed E-state index contributed by atoms with van der Waals surface area (Å²) in [6, 6.07) is 3.95. The Morgan fingerprint density at radius 1 is 1.31 bits per heavy atom. The minimum absolute atomic E-state index is 0.422. The van der Waals surface area contributed by atoms with E-state index in [-0.39, 0.29) is 0 Å². The number of rotatable bonds is 3. The van der Waals surface area contributed by atoms with Crippen LogP contribution in [0.1, 0.15) is 30.3 Å². The van der Waals surface area contributed by atoms with Gasteiger partial charge in [-0.25, -0.2) is 4.98 Å². The maximum atomic E-state index is 5.74. The molecule has 0 amide bonds. The lowest BCUT2D eigenvalue weighted by Crippen LogP contribution is -1.99. The maximum Gasteiger partial charge on any atom is 0.124 e. The van der Waals surface area contributed by atoms with Crippen molar-refractivity contribution in [1.82, 2.24) is 9.97 Å². The lowest BCUT2D eigenvalue weighted by Gasteiger charge is -2.01. The zero-order valence-electron chi connectivity index (χ0n) is 9.47. The van der Waals surface area contributed by atoms with Gasteiger partial charge in [-0.2, -0.15) is 0 Å². The summed E-state index contributed by atoms with van der Waals surface area (Å²) >= 11 is 1.68. The van der Waals surface area contributed by atoms with Gasteiger partial charge in [0.2, 0.25) is 0 Å². The number of hydrogen-bond acceptors (Lipinski definition) is 4. The minimum Gasteiger partial charge on any atom is -0.326 e. The van der Waals surface area contributed by atoms with Crippen molar-refractivity contribution in [3.63, 3.8) is 0 Å². The predicted molar refractivity (Wildman–Crippen MR) is 67.3 cm³/mol. The van der Waals surface area contributed by atoms with Crippen molar-refractivity contribution in [3.05, 3.63) is 35.1 Å². The second-order valence-electron chi connectivity index (χ2n) is 3.92. The van der Waals surface area contributed by atoms with Crippen LogP contribution >= 0.6 is 11.3 Å². The SMILES string of the molecule is CC(C)c1nc(-c2ccncc2)sc1CN. The molecule has 0 aromatic carbocycles. The van der Waals surface area contributed by atoms with Gasteiger partial charge in [0.25, 0.3) is 0 Å². The van der Waals surface area contributed by atoms with Crippen molar-refractivity contribution in [2.45, 2.75) is 26.3 Å². The van der Waals surface area contributed by atoms with Crippen LogP contribution < -0.4 is 5.73 Å². The molecule has 2 rings (SSSR count). The molecule has 3 nitrogen and oxygen atoms in total. The molecule has 0 atom stereocenters. The highest BCUT2D eigenvalue weighted by molar-refractivity contribution is 7.15. The van der Waals surface area contributed by atoms with E-state index in [1.807, 2.05) is 12.1 Å². The second-order valence-corrected chi connectivity index (χ2v) is 5.01. The summed E-state index contributed by atoms with van der Waals surface area (Å²) in [7, 11) is 0. The third-order valence-electron chi connectivity index (χ3n) is 2.39. The van der Waals surface area contributed by atoms with Crippen LogP contribution in [0, 0.1) is 0 Å². The van der Waals surface area contributed by atoms with Gasteiger partial charge in [-0.3, -0.25) is 4.98 Å². The van der Waals surface area contributed by atoms with Gasteiger partial charge in [0, 0.05) is 29.4 Å². The van der Waals surface area contributed by atoms with Crippen molar-refractivity contribution in [3.8, 4) is 10.6 Å². The minimum atomic E-state index is 0.422. The Morgan fingerprint density at radius 3 is 2.50 bits per heavy atom. The molecule has 2 aromatic rings. The van der Waals surface area contributed by atoms with Gasteiger partial charge in [-0.1, -0.05) is 13.8 Å². The molecule has 2 aromatic heterocycles. The Labute approximate surface area is 99.4 Å². The average molecular weight is 233 g/mol. The molecule has 4 heteroatoms. The maximum absolute atomic E-state index is 5.74. The Balaban J connectivity index is 2.44. The molecular formula is C12H15N3S. The third-order valence-corrected chi connectivity index (χ3v) is 3.53. The van der Waals surface area contributed by atoms with E-state index in [2.05, 4.69) is 23.8 Å². The van der Waals surface area contributed by atoms with Gasteiger partial charge in [0.05, 0.1) is 5.69 Å². The first-order valence-electron chi connectivity index (χ1n) is 5.32. The summed E-state index contributed by atoms with van der Waals surface area (Å²) in [5.74, 6) is 0.422. The fraction of sp³-hybridized carbons (Fsp3) is 0.333. The van der Waals surface area contributed by atoms with Gasteiger partial charge in [0.15, 0.2) is 0 Å². The number of nitrogens with two attached hydrogens (primary N) is 1. The van der Waals surface area contributed by atoms with Crippen molar-refractivity contribution < 1.29 is 0 Å². The van der Waals surface area contributed by atoms with Crippen LogP contribution in [0.2, 0.25) is 0 Å². The lowest BCUT2D eigenvalue weighted by molar-refractivity contribution is 0.814. The summed E-state index contributed by atoms with van der Waals surface area (Å²) < 4.78 is 0. The monoisotopic (exact) mass is 233 g/mol. The first kappa shape index (κ1) is 11.2. The molecule has 0 spiro atoms. The highest BCUT2D eigenvalue weighted by atomic mass is 32.1. The first-order chi connectivity index (χ1) is 7.72. The van der Waals surface area contributed by atoms with E-state index in [1.54, 1.807) is 23.7 Å². The zero-order chi connectivity index (χ0) is 11.5. The highest BCUT2D eigenvalue weighted by Crippen LogP contribution is 2.30. The van der Waals surface area contributed by atoms with Crippen LogP contribution in [0.25, 0.3) is 10.6 Å². The molecule has 84 valence electrons. The zero-order valence-corrected chi connectivity index (χ0v) is 10.3. The largest absolute Gasteiger partial charge is 0.326 e. The number of pyridine rings is 1. The lowest BCUT2D eigenvalue weighted by atomic mass is 10.1. The molecule has 2 N–H and O–H groups in total. The van der Waals surface area contributed by atoms with Crippen molar-refractivity contribution >= 4 is 11.3 Å². The fourth-order valence-electron chi connectivity index (χ4n) is 1.58. The average Bonchev–Trinajstić information content (AvgIpc) is 2.74.